The third kappa shape index (κ3) is 14.4. The molecule has 1 atom stereocenters. The summed E-state index contributed by atoms with van der Waals surface area (Å²) < 4.78 is 5.31. The summed E-state index contributed by atoms with van der Waals surface area (Å²) in [4.78, 5) is 4.24. The van der Waals surface area contributed by atoms with E-state index in [1.165, 1.54) is 6.42 Å². The minimum Gasteiger partial charge on any atom is -0.382 e. The van der Waals surface area contributed by atoms with Crippen LogP contribution in [0, 0.1) is 5.41 Å². The van der Waals surface area contributed by atoms with Gasteiger partial charge in [0.1, 0.15) is 0 Å². The number of hydrogen-bond donors (Lipinski definition) is 2. The quantitative estimate of drug-likeness (QED) is 0.285. The lowest BCUT2D eigenvalue weighted by atomic mass is 9.89. The van der Waals surface area contributed by atoms with E-state index < -0.39 is 0 Å². The fourth-order valence-electron chi connectivity index (χ4n) is 1.68. The van der Waals surface area contributed by atoms with Gasteiger partial charge >= 0.3 is 0 Å². The Morgan fingerprint density at radius 1 is 1.30 bits per heavy atom. The van der Waals surface area contributed by atoms with Crippen LogP contribution in [0.2, 0.25) is 0 Å². The molecule has 20 heavy (non-hydrogen) atoms. The molecule has 0 aromatic carbocycles. The number of ether oxygens (including phenoxy) is 1. The maximum absolute atomic E-state index is 5.31. The van der Waals surface area contributed by atoms with Crippen molar-refractivity contribution in [3.05, 3.63) is 0 Å². The molecule has 0 aliphatic rings. The molecule has 0 rings (SSSR count). The van der Waals surface area contributed by atoms with Gasteiger partial charge in [-0.15, -0.1) is 24.0 Å². The molecule has 4 nitrogen and oxygen atoms in total. The zero-order chi connectivity index (χ0) is 14.7. The monoisotopic (exact) mass is 399 g/mol. The van der Waals surface area contributed by atoms with Gasteiger partial charge in [0.2, 0.25) is 0 Å². The van der Waals surface area contributed by atoms with Crippen molar-refractivity contribution in [2.75, 3.05) is 26.8 Å². The van der Waals surface area contributed by atoms with Gasteiger partial charge in [0.05, 0.1) is 0 Å². The van der Waals surface area contributed by atoms with Gasteiger partial charge in [-0.1, -0.05) is 20.8 Å². The topological polar surface area (TPSA) is 45.6 Å². The van der Waals surface area contributed by atoms with Crippen molar-refractivity contribution < 1.29 is 4.74 Å². The van der Waals surface area contributed by atoms with E-state index in [0.717, 1.165) is 38.6 Å². The highest BCUT2D eigenvalue weighted by Crippen LogP contribution is 2.21. The minimum absolute atomic E-state index is 0. The number of nitrogens with one attached hydrogen (secondary N) is 2. The number of rotatable bonds is 8. The average Bonchev–Trinajstić information content (AvgIpc) is 2.34. The third-order valence-corrected chi connectivity index (χ3v) is 2.90. The smallest absolute Gasteiger partial charge is 0.191 e. The molecule has 0 aliphatic carbocycles. The van der Waals surface area contributed by atoms with Crippen LogP contribution in [0.4, 0.5) is 0 Å². The minimum atomic E-state index is 0. The number of guanidine groups is 1. The van der Waals surface area contributed by atoms with Gasteiger partial charge in [0.15, 0.2) is 5.96 Å². The molecule has 0 aromatic rings. The number of halogens is 1. The first-order valence-electron chi connectivity index (χ1n) is 7.44. The number of hydrogen-bond acceptors (Lipinski definition) is 2. The third-order valence-electron chi connectivity index (χ3n) is 2.90. The molecule has 0 saturated carbocycles. The van der Waals surface area contributed by atoms with Crippen molar-refractivity contribution in [3.63, 3.8) is 0 Å². The summed E-state index contributed by atoms with van der Waals surface area (Å²) in [7, 11) is 1.81. The van der Waals surface area contributed by atoms with Crippen molar-refractivity contribution in [3.8, 4) is 0 Å². The summed E-state index contributed by atoms with van der Waals surface area (Å²) >= 11 is 0. The summed E-state index contributed by atoms with van der Waals surface area (Å²) in [5.41, 5.74) is 0.393. The van der Waals surface area contributed by atoms with Gasteiger partial charge in [-0.05, 0) is 38.5 Å². The van der Waals surface area contributed by atoms with Crippen LogP contribution in [0.5, 0.6) is 0 Å². The summed E-state index contributed by atoms with van der Waals surface area (Å²) in [5.74, 6) is 0.887. The van der Waals surface area contributed by atoms with Crippen molar-refractivity contribution in [1.82, 2.24) is 10.6 Å². The van der Waals surface area contributed by atoms with Crippen molar-refractivity contribution in [2.24, 2.45) is 10.4 Å². The standard InChI is InChI=1S/C15H33N3O.HI/c1-7-19-12-8-11-17-14(16-6)18-13(2)9-10-15(3,4)5;/h13H,7-12H2,1-6H3,(H2,16,17,18);1H. The number of aliphatic imine (C=N–C) groups is 1. The maximum atomic E-state index is 5.31. The van der Waals surface area contributed by atoms with E-state index in [1.54, 1.807) is 0 Å². The van der Waals surface area contributed by atoms with Crippen LogP contribution in [0.1, 0.15) is 53.9 Å². The van der Waals surface area contributed by atoms with E-state index in [2.05, 4.69) is 43.3 Å². The van der Waals surface area contributed by atoms with E-state index in [1.807, 2.05) is 14.0 Å². The molecule has 0 amide bonds. The van der Waals surface area contributed by atoms with Crippen molar-refractivity contribution in [1.29, 1.82) is 0 Å². The van der Waals surface area contributed by atoms with Crippen LogP contribution in [0.3, 0.4) is 0 Å². The summed E-state index contributed by atoms with van der Waals surface area (Å²) in [6, 6.07) is 0.442. The highest BCUT2D eigenvalue weighted by atomic mass is 127. The second kappa shape index (κ2) is 12.7. The zero-order valence-corrected chi connectivity index (χ0v) is 16.4. The molecule has 2 N–H and O–H groups in total. The van der Waals surface area contributed by atoms with Gasteiger partial charge in [-0.25, -0.2) is 0 Å². The van der Waals surface area contributed by atoms with Crippen LogP contribution in [-0.4, -0.2) is 38.8 Å². The highest BCUT2D eigenvalue weighted by Gasteiger charge is 2.13. The van der Waals surface area contributed by atoms with Gasteiger partial charge in [-0.2, -0.15) is 0 Å². The Morgan fingerprint density at radius 3 is 2.45 bits per heavy atom. The van der Waals surface area contributed by atoms with Gasteiger partial charge < -0.3 is 15.4 Å². The summed E-state index contributed by atoms with van der Waals surface area (Å²) in [6.45, 7) is 13.5. The number of nitrogens with zero attached hydrogens (tertiary/aromatic N) is 1. The first kappa shape index (κ1) is 22.2. The molecule has 0 spiro atoms. The highest BCUT2D eigenvalue weighted by molar-refractivity contribution is 14.0. The van der Waals surface area contributed by atoms with Gasteiger partial charge in [0.25, 0.3) is 0 Å². The maximum Gasteiger partial charge on any atom is 0.191 e. The fraction of sp³-hybridized carbons (Fsp3) is 0.933. The van der Waals surface area contributed by atoms with E-state index >= 15 is 0 Å². The Kier molecular flexibility index (Phi) is 14.1. The van der Waals surface area contributed by atoms with E-state index in [9.17, 15) is 0 Å². The average molecular weight is 399 g/mol. The fourth-order valence-corrected chi connectivity index (χ4v) is 1.68. The molecule has 0 heterocycles. The lowest BCUT2D eigenvalue weighted by molar-refractivity contribution is 0.145. The molecule has 1 unspecified atom stereocenters. The molecule has 0 aliphatic heterocycles. The normalized spacial score (nSPS) is 13.6. The SMILES string of the molecule is CCOCCCNC(=NC)NC(C)CCC(C)(C)C.I. The van der Waals surface area contributed by atoms with E-state index in [-0.39, 0.29) is 24.0 Å². The molecule has 0 aromatic heterocycles. The Hall–Kier alpha value is -0.0400. The molecule has 0 saturated heterocycles. The Labute approximate surface area is 142 Å². The summed E-state index contributed by atoms with van der Waals surface area (Å²) in [5, 5.41) is 6.74. The van der Waals surface area contributed by atoms with Crippen LogP contribution in [0.15, 0.2) is 4.99 Å². The van der Waals surface area contributed by atoms with Crippen molar-refractivity contribution >= 4 is 29.9 Å². The van der Waals surface area contributed by atoms with Crippen LogP contribution in [-0.2, 0) is 4.74 Å². The van der Waals surface area contributed by atoms with Crippen LogP contribution >= 0.6 is 24.0 Å². The second-order valence-electron chi connectivity index (χ2n) is 6.19. The lowest BCUT2D eigenvalue weighted by Gasteiger charge is -2.23. The van der Waals surface area contributed by atoms with Crippen LogP contribution in [0.25, 0.3) is 0 Å². The molecule has 5 heteroatoms. The zero-order valence-electron chi connectivity index (χ0n) is 14.1. The first-order valence-corrected chi connectivity index (χ1v) is 7.44. The molecular formula is C15H34IN3O. The second-order valence-corrected chi connectivity index (χ2v) is 6.19. The molecule has 0 radical (unpaired) electrons. The predicted molar refractivity (Wildman–Crippen MR) is 99.2 cm³/mol. The molecular weight excluding hydrogens is 365 g/mol. The molecule has 0 bridgehead atoms. The Morgan fingerprint density at radius 2 is 1.95 bits per heavy atom. The van der Waals surface area contributed by atoms with Crippen molar-refractivity contribution in [2.45, 2.75) is 59.9 Å². The molecule has 122 valence electrons. The first-order chi connectivity index (χ1) is 8.89. The predicted octanol–water partition coefficient (Wildman–Crippen LogP) is 3.41. The van der Waals surface area contributed by atoms with Gasteiger partial charge in [0, 0.05) is 32.8 Å². The van der Waals surface area contributed by atoms with Gasteiger partial charge in [-0.3, -0.25) is 4.99 Å². The lowest BCUT2D eigenvalue weighted by Crippen LogP contribution is -2.43. The summed E-state index contributed by atoms with van der Waals surface area (Å²) in [6.07, 6.45) is 3.37. The molecule has 0 fully saturated rings. The Balaban J connectivity index is 0. The largest absolute Gasteiger partial charge is 0.382 e. The Bertz CT molecular complexity index is 252. The van der Waals surface area contributed by atoms with E-state index in [4.69, 9.17) is 4.74 Å². The van der Waals surface area contributed by atoms with Crippen LogP contribution < -0.4 is 10.6 Å². The van der Waals surface area contributed by atoms with E-state index in [0.29, 0.717) is 11.5 Å².